The predicted octanol–water partition coefficient (Wildman–Crippen LogP) is 3.44. The predicted molar refractivity (Wildman–Crippen MR) is 76.1 cm³/mol. The lowest BCUT2D eigenvalue weighted by molar-refractivity contribution is 0.103. The summed E-state index contributed by atoms with van der Waals surface area (Å²) in [5.74, 6) is -0.970. The number of nitriles is 1. The molecule has 2 aromatic rings. The first-order valence-corrected chi connectivity index (χ1v) is 6.24. The van der Waals surface area contributed by atoms with Gasteiger partial charge in [0, 0.05) is 0 Å². The zero-order valence-corrected chi connectivity index (χ0v) is 11.7. The Morgan fingerprint density at radius 3 is 2.67 bits per heavy atom. The van der Waals surface area contributed by atoms with E-state index in [1.54, 1.807) is 13.0 Å². The lowest BCUT2D eigenvalue weighted by Crippen LogP contribution is -2.02. The van der Waals surface area contributed by atoms with Crippen molar-refractivity contribution < 1.29 is 19.4 Å². The molecule has 0 spiro atoms. The summed E-state index contributed by atoms with van der Waals surface area (Å²) in [6.07, 6.45) is 2.64. The number of furan rings is 1. The number of aromatic hydroxyl groups is 2. The van der Waals surface area contributed by atoms with E-state index in [4.69, 9.17) is 21.3 Å². The van der Waals surface area contributed by atoms with Gasteiger partial charge in [-0.3, -0.25) is 4.79 Å². The molecule has 0 aliphatic rings. The zero-order valence-electron chi connectivity index (χ0n) is 10.9. The SMILES string of the molecule is Cc1occc1C(=O)/C(C#N)=C/c1cc(O)c(O)c(Cl)c1. The van der Waals surface area contributed by atoms with Crippen LogP contribution in [0.25, 0.3) is 6.08 Å². The zero-order chi connectivity index (χ0) is 15.6. The number of benzene rings is 1. The Balaban J connectivity index is 2.45. The van der Waals surface area contributed by atoms with E-state index < -0.39 is 17.3 Å². The second kappa shape index (κ2) is 5.73. The van der Waals surface area contributed by atoms with E-state index in [0.717, 1.165) is 0 Å². The maximum atomic E-state index is 12.2. The molecule has 0 saturated heterocycles. The van der Waals surface area contributed by atoms with Crippen molar-refractivity contribution in [1.82, 2.24) is 0 Å². The molecule has 0 atom stereocenters. The standard InChI is InChI=1S/C15H10ClNO4/c1-8-11(2-3-21-8)14(19)10(7-17)4-9-5-12(16)15(20)13(18)6-9/h2-6,18,20H,1H3/b10-4+. The highest BCUT2D eigenvalue weighted by Gasteiger charge is 2.17. The number of allylic oxidation sites excluding steroid dienone is 1. The third kappa shape index (κ3) is 2.91. The highest BCUT2D eigenvalue weighted by molar-refractivity contribution is 6.32. The van der Waals surface area contributed by atoms with Crippen LogP contribution >= 0.6 is 11.6 Å². The minimum Gasteiger partial charge on any atom is -0.504 e. The number of aryl methyl sites for hydroxylation is 1. The van der Waals surface area contributed by atoms with Gasteiger partial charge in [-0.15, -0.1) is 0 Å². The Bertz CT molecular complexity index is 760. The molecule has 0 radical (unpaired) electrons. The largest absolute Gasteiger partial charge is 0.504 e. The summed E-state index contributed by atoms with van der Waals surface area (Å²) in [5, 5.41) is 27.9. The van der Waals surface area contributed by atoms with Crippen LogP contribution < -0.4 is 0 Å². The first-order valence-electron chi connectivity index (χ1n) is 5.86. The fraction of sp³-hybridized carbons (Fsp3) is 0.0667. The Hall–Kier alpha value is -2.71. The summed E-state index contributed by atoms with van der Waals surface area (Å²) in [4.78, 5) is 12.2. The highest BCUT2D eigenvalue weighted by Crippen LogP contribution is 2.34. The molecule has 1 aromatic carbocycles. The molecule has 2 N–H and O–H groups in total. The van der Waals surface area contributed by atoms with Crippen LogP contribution in [0, 0.1) is 18.3 Å². The van der Waals surface area contributed by atoms with E-state index >= 15 is 0 Å². The van der Waals surface area contributed by atoms with E-state index in [1.165, 1.54) is 30.5 Å². The van der Waals surface area contributed by atoms with E-state index in [-0.39, 0.29) is 16.2 Å². The third-order valence-corrected chi connectivity index (χ3v) is 3.13. The number of Topliss-reactive ketones (excluding diaryl/α,β-unsaturated/α-hetero) is 1. The van der Waals surface area contributed by atoms with Crippen LogP contribution in [0.1, 0.15) is 21.7 Å². The average molecular weight is 304 g/mol. The van der Waals surface area contributed by atoms with Crippen LogP contribution in [0.2, 0.25) is 5.02 Å². The molecule has 2 rings (SSSR count). The molecule has 0 saturated carbocycles. The quantitative estimate of drug-likeness (QED) is 0.392. The topological polar surface area (TPSA) is 94.5 Å². The first-order chi connectivity index (χ1) is 9.93. The fourth-order valence-electron chi connectivity index (χ4n) is 1.77. The van der Waals surface area contributed by atoms with Gasteiger partial charge < -0.3 is 14.6 Å². The second-order valence-corrected chi connectivity index (χ2v) is 4.67. The summed E-state index contributed by atoms with van der Waals surface area (Å²) < 4.78 is 5.03. The van der Waals surface area contributed by atoms with Crippen molar-refractivity contribution in [2.24, 2.45) is 0 Å². The van der Waals surface area contributed by atoms with Crippen LogP contribution in [-0.4, -0.2) is 16.0 Å². The van der Waals surface area contributed by atoms with Crippen LogP contribution in [-0.2, 0) is 0 Å². The van der Waals surface area contributed by atoms with Crippen molar-refractivity contribution in [3.05, 3.63) is 51.9 Å². The number of rotatable bonds is 3. The van der Waals surface area contributed by atoms with E-state index in [1.807, 2.05) is 0 Å². The van der Waals surface area contributed by atoms with E-state index in [9.17, 15) is 15.0 Å². The van der Waals surface area contributed by atoms with Gasteiger partial charge in [0.05, 0.1) is 16.8 Å². The molecule has 0 bridgehead atoms. The molecule has 106 valence electrons. The molecule has 0 fully saturated rings. The van der Waals surface area contributed by atoms with Gasteiger partial charge in [-0.25, -0.2) is 0 Å². The summed E-state index contributed by atoms with van der Waals surface area (Å²) >= 11 is 5.73. The fourth-order valence-corrected chi connectivity index (χ4v) is 1.99. The van der Waals surface area contributed by atoms with Crippen molar-refractivity contribution in [3.63, 3.8) is 0 Å². The van der Waals surface area contributed by atoms with Gasteiger partial charge >= 0.3 is 0 Å². The number of phenolic OH excluding ortho intramolecular Hbond substituents is 2. The lowest BCUT2D eigenvalue weighted by Gasteiger charge is -2.03. The normalized spacial score (nSPS) is 11.2. The molecule has 5 nitrogen and oxygen atoms in total. The maximum Gasteiger partial charge on any atom is 0.207 e. The Morgan fingerprint density at radius 2 is 2.14 bits per heavy atom. The highest BCUT2D eigenvalue weighted by atomic mass is 35.5. The summed E-state index contributed by atoms with van der Waals surface area (Å²) in [6, 6.07) is 5.82. The minimum atomic E-state index is -0.493. The van der Waals surface area contributed by atoms with Gasteiger partial charge in [0.1, 0.15) is 17.4 Å². The van der Waals surface area contributed by atoms with Gasteiger partial charge in [0.15, 0.2) is 11.5 Å². The second-order valence-electron chi connectivity index (χ2n) is 4.26. The monoisotopic (exact) mass is 303 g/mol. The smallest absolute Gasteiger partial charge is 0.207 e. The van der Waals surface area contributed by atoms with Crippen molar-refractivity contribution >= 4 is 23.5 Å². The first kappa shape index (κ1) is 14.7. The molecule has 0 aliphatic heterocycles. The Morgan fingerprint density at radius 1 is 1.43 bits per heavy atom. The van der Waals surface area contributed by atoms with Crippen LogP contribution in [0.5, 0.6) is 11.5 Å². The lowest BCUT2D eigenvalue weighted by atomic mass is 10.0. The van der Waals surface area contributed by atoms with E-state index in [2.05, 4.69) is 0 Å². The molecule has 1 heterocycles. The number of phenols is 2. The van der Waals surface area contributed by atoms with Crippen LogP contribution in [0.4, 0.5) is 0 Å². The molecular formula is C15H10ClNO4. The van der Waals surface area contributed by atoms with Gasteiger partial charge in [-0.05, 0) is 36.8 Å². The summed E-state index contributed by atoms with van der Waals surface area (Å²) in [5.41, 5.74) is 0.471. The average Bonchev–Trinajstić information content (AvgIpc) is 2.87. The number of hydrogen-bond acceptors (Lipinski definition) is 5. The number of ketones is 1. The number of hydrogen-bond donors (Lipinski definition) is 2. The molecule has 1 aromatic heterocycles. The number of carbonyl (C=O) groups excluding carboxylic acids is 1. The minimum absolute atomic E-state index is 0.0783. The Kier molecular flexibility index (Phi) is 4.01. The molecule has 0 amide bonds. The van der Waals surface area contributed by atoms with Gasteiger partial charge in [-0.2, -0.15) is 5.26 Å². The molecule has 0 aliphatic carbocycles. The molecular weight excluding hydrogens is 294 g/mol. The maximum absolute atomic E-state index is 12.2. The van der Waals surface area contributed by atoms with Gasteiger partial charge in [0.25, 0.3) is 0 Å². The van der Waals surface area contributed by atoms with Gasteiger partial charge in [-0.1, -0.05) is 11.6 Å². The third-order valence-electron chi connectivity index (χ3n) is 2.85. The summed E-state index contributed by atoms with van der Waals surface area (Å²) in [7, 11) is 0. The van der Waals surface area contributed by atoms with Crippen LogP contribution in [0.3, 0.4) is 0 Å². The Labute approximate surface area is 125 Å². The number of nitrogens with zero attached hydrogens (tertiary/aromatic N) is 1. The molecule has 21 heavy (non-hydrogen) atoms. The van der Waals surface area contributed by atoms with E-state index in [0.29, 0.717) is 11.3 Å². The van der Waals surface area contributed by atoms with Crippen molar-refractivity contribution in [2.75, 3.05) is 0 Å². The van der Waals surface area contributed by atoms with Gasteiger partial charge in [0.2, 0.25) is 5.78 Å². The van der Waals surface area contributed by atoms with Crippen molar-refractivity contribution in [2.45, 2.75) is 6.92 Å². The molecule has 6 heteroatoms. The summed E-state index contributed by atoms with van der Waals surface area (Å²) in [6.45, 7) is 1.62. The van der Waals surface area contributed by atoms with Crippen molar-refractivity contribution in [1.29, 1.82) is 5.26 Å². The van der Waals surface area contributed by atoms with Crippen LogP contribution in [0.15, 0.2) is 34.5 Å². The number of halogens is 1. The number of carbonyl (C=O) groups is 1. The molecule has 0 unspecified atom stereocenters. The van der Waals surface area contributed by atoms with Crippen molar-refractivity contribution in [3.8, 4) is 17.6 Å².